The smallest absolute Gasteiger partial charge is 0.242 e. The number of anilines is 1. The minimum absolute atomic E-state index is 0.335. The fourth-order valence-corrected chi connectivity index (χ4v) is 2.82. The Balaban J connectivity index is 2.00. The average molecular weight is 268 g/mol. The van der Waals surface area contributed by atoms with Gasteiger partial charge in [-0.15, -0.1) is 0 Å². The van der Waals surface area contributed by atoms with E-state index in [4.69, 9.17) is 0 Å². The van der Waals surface area contributed by atoms with Gasteiger partial charge >= 0.3 is 0 Å². The van der Waals surface area contributed by atoms with Gasteiger partial charge in [-0.3, -0.25) is 0 Å². The van der Waals surface area contributed by atoms with Crippen LogP contribution in [-0.4, -0.2) is 33.4 Å². The first-order valence-corrected chi connectivity index (χ1v) is 7.70. The van der Waals surface area contributed by atoms with Gasteiger partial charge in [0, 0.05) is 26.3 Å². The van der Waals surface area contributed by atoms with Crippen LogP contribution in [0.1, 0.15) is 19.3 Å². The molecule has 0 heterocycles. The molecule has 0 aliphatic heterocycles. The zero-order valence-corrected chi connectivity index (χ0v) is 11.7. The molecule has 100 valence electrons. The Morgan fingerprint density at radius 1 is 1.22 bits per heavy atom. The molecular formula is C13H20N2O2S. The number of nitrogens with zero attached hydrogens (tertiary/aromatic N) is 1. The van der Waals surface area contributed by atoms with Crippen LogP contribution >= 0.6 is 0 Å². The molecule has 0 atom stereocenters. The molecule has 5 heteroatoms. The maximum Gasteiger partial charge on any atom is 0.242 e. The number of nitrogens with one attached hydrogen (secondary N) is 1. The van der Waals surface area contributed by atoms with Gasteiger partial charge in [-0.1, -0.05) is 6.42 Å². The van der Waals surface area contributed by atoms with Crippen LogP contribution in [0.2, 0.25) is 0 Å². The third-order valence-corrected chi connectivity index (χ3v) is 5.28. The van der Waals surface area contributed by atoms with E-state index >= 15 is 0 Å². The van der Waals surface area contributed by atoms with Gasteiger partial charge in [-0.2, -0.15) is 0 Å². The normalized spacial score (nSPS) is 16.6. The maximum absolute atomic E-state index is 11.9. The molecule has 0 saturated heterocycles. The Labute approximate surface area is 109 Å². The van der Waals surface area contributed by atoms with Crippen LogP contribution in [0.25, 0.3) is 0 Å². The van der Waals surface area contributed by atoms with Gasteiger partial charge in [0.15, 0.2) is 0 Å². The number of benzene rings is 1. The lowest BCUT2D eigenvalue weighted by molar-refractivity contribution is 0.333. The highest BCUT2D eigenvalue weighted by molar-refractivity contribution is 7.89. The molecule has 0 amide bonds. The van der Waals surface area contributed by atoms with E-state index in [0.29, 0.717) is 4.90 Å². The third-order valence-electron chi connectivity index (χ3n) is 3.45. The van der Waals surface area contributed by atoms with Crippen molar-refractivity contribution in [3.8, 4) is 0 Å². The van der Waals surface area contributed by atoms with Crippen LogP contribution in [0.15, 0.2) is 29.2 Å². The van der Waals surface area contributed by atoms with E-state index < -0.39 is 10.0 Å². The molecule has 0 unspecified atom stereocenters. The average Bonchev–Trinajstić information content (AvgIpc) is 2.27. The monoisotopic (exact) mass is 268 g/mol. The zero-order chi connectivity index (χ0) is 13.2. The molecule has 0 bridgehead atoms. The zero-order valence-electron chi connectivity index (χ0n) is 10.9. The number of sulfonamides is 1. The fraction of sp³-hybridized carbons (Fsp3) is 0.538. The Morgan fingerprint density at radius 3 is 2.28 bits per heavy atom. The molecule has 1 saturated carbocycles. The molecule has 1 aliphatic carbocycles. The molecule has 0 spiro atoms. The molecule has 1 N–H and O–H groups in total. The van der Waals surface area contributed by atoms with E-state index in [9.17, 15) is 8.42 Å². The van der Waals surface area contributed by atoms with Crippen molar-refractivity contribution in [1.29, 1.82) is 0 Å². The predicted molar refractivity (Wildman–Crippen MR) is 73.1 cm³/mol. The Morgan fingerprint density at radius 2 is 1.83 bits per heavy atom. The van der Waals surface area contributed by atoms with Gasteiger partial charge in [0.1, 0.15) is 0 Å². The maximum atomic E-state index is 11.9. The van der Waals surface area contributed by atoms with Crippen LogP contribution < -0.4 is 5.32 Å². The fourth-order valence-electron chi connectivity index (χ4n) is 1.91. The molecule has 0 radical (unpaired) electrons. The van der Waals surface area contributed by atoms with Gasteiger partial charge in [-0.25, -0.2) is 12.7 Å². The van der Waals surface area contributed by atoms with Gasteiger partial charge < -0.3 is 5.32 Å². The minimum atomic E-state index is -3.31. The van der Waals surface area contributed by atoms with E-state index in [1.807, 2.05) is 12.1 Å². The highest BCUT2D eigenvalue weighted by atomic mass is 32.2. The van der Waals surface area contributed by atoms with Crippen molar-refractivity contribution in [3.63, 3.8) is 0 Å². The van der Waals surface area contributed by atoms with Crippen molar-refractivity contribution in [1.82, 2.24) is 4.31 Å². The molecule has 1 aliphatic rings. The second-order valence-corrected chi connectivity index (χ2v) is 7.14. The van der Waals surface area contributed by atoms with Crippen LogP contribution in [-0.2, 0) is 10.0 Å². The number of hydrogen-bond donors (Lipinski definition) is 1. The summed E-state index contributed by atoms with van der Waals surface area (Å²) in [4.78, 5) is 0.335. The molecule has 0 aromatic heterocycles. The lowest BCUT2D eigenvalue weighted by atomic mass is 9.85. The first-order valence-electron chi connectivity index (χ1n) is 6.26. The lowest BCUT2D eigenvalue weighted by Crippen LogP contribution is -2.22. The third kappa shape index (κ3) is 2.84. The summed E-state index contributed by atoms with van der Waals surface area (Å²) in [6, 6.07) is 6.96. The first kappa shape index (κ1) is 13.4. The number of hydrogen-bond acceptors (Lipinski definition) is 3. The molecule has 4 nitrogen and oxygen atoms in total. The summed E-state index contributed by atoms with van der Waals surface area (Å²) in [6.45, 7) is 0.986. The summed E-state index contributed by atoms with van der Waals surface area (Å²) >= 11 is 0. The van der Waals surface area contributed by atoms with Crippen LogP contribution in [0, 0.1) is 5.92 Å². The summed E-state index contributed by atoms with van der Waals surface area (Å²) < 4.78 is 25.0. The molecule has 18 heavy (non-hydrogen) atoms. The molecule has 1 aromatic rings. The molecule has 2 rings (SSSR count). The van der Waals surface area contributed by atoms with Gasteiger partial charge in [0.25, 0.3) is 0 Å². The van der Waals surface area contributed by atoms with Crippen molar-refractivity contribution >= 4 is 15.7 Å². The summed E-state index contributed by atoms with van der Waals surface area (Å²) in [7, 11) is -0.233. The lowest BCUT2D eigenvalue weighted by Gasteiger charge is -2.25. The Kier molecular flexibility index (Phi) is 3.92. The Bertz CT molecular complexity index is 490. The van der Waals surface area contributed by atoms with E-state index in [0.717, 1.165) is 18.2 Å². The standard InChI is InChI=1S/C13H20N2O2S/c1-15(2)18(16,17)13-8-6-12(7-9-13)14-10-11-4-3-5-11/h6-9,11,14H,3-5,10H2,1-2H3. The minimum Gasteiger partial charge on any atom is -0.385 e. The van der Waals surface area contributed by atoms with Gasteiger partial charge in [-0.05, 0) is 43.0 Å². The second-order valence-electron chi connectivity index (χ2n) is 4.99. The quantitative estimate of drug-likeness (QED) is 0.890. The summed E-state index contributed by atoms with van der Waals surface area (Å²) in [5, 5.41) is 3.35. The van der Waals surface area contributed by atoms with Crippen molar-refractivity contribution in [2.75, 3.05) is 26.0 Å². The summed E-state index contributed by atoms with van der Waals surface area (Å²) in [6.07, 6.45) is 3.95. The van der Waals surface area contributed by atoms with Crippen LogP contribution in [0.4, 0.5) is 5.69 Å². The molecular weight excluding hydrogens is 248 g/mol. The van der Waals surface area contributed by atoms with Crippen LogP contribution in [0.5, 0.6) is 0 Å². The molecule has 1 fully saturated rings. The van der Waals surface area contributed by atoms with E-state index in [1.54, 1.807) is 12.1 Å². The second kappa shape index (κ2) is 5.28. The topological polar surface area (TPSA) is 49.4 Å². The largest absolute Gasteiger partial charge is 0.385 e. The highest BCUT2D eigenvalue weighted by Crippen LogP contribution is 2.26. The van der Waals surface area contributed by atoms with Gasteiger partial charge in [0.05, 0.1) is 4.90 Å². The summed E-state index contributed by atoms with van der Waals surface area (Å²) in [5.41, 5.74) is 0.986. The highest BCUT2D eigenvalue weighted by Gasteiger charge is 2.18. The predicted octanol–water partition coefficient (Wildman–Crippen LogP) is 2.15. The Hall–Kier alpha value is -1.07. The van der Waals surface area contributed by atoms with Crippen molar-refractivity contribution in [3.05, 3.63) is 24.3 Å². The van der Waals surface area contributed by atoms with E-state index in [2.05, 4.69) is 5.32 Å². The summed E-state index contributed by atoms with van der Waals surface area (Å²) in [5.74, 6) is 0.787. The van der Waals surface area contributed by atoms with Crippen LogP contribution in [0.3, 0.4) is 0 Å². The number of rotatable bonds is 5. The van der Waals surface area contributed by atoms with E-state index in [-0.39, 0.29) is 0 Å². The van der Waals surface area contributed by atoms with Crippen molar-refractivity contribution in [2.24, 2.45) is 5.92 Å². The SMILES string of the molecule is CN(C)S(=O)(=O)c1ccc(NCC2CCC2)cc1. The van der Waals surface area contributed by atoms with Gasteiger partial charge in [0.2, 0.25) is 10.0 Å². The van der Waals surface area contributed by atoms with E-state index in [1.165, 1.54) is 37.7 Å². The molecule has 1 aromatic carbocycles. The first-order chi connectivity index (χ1) is 8.50. The van der Waals surface area contributed by atoms with Crippen molar-refractivity contribution < 1.29 is 8.42 Å². The van der Waals surface area contributed by atoms with Crippen molar-refractivity contribution in [2.45, 2.75) is 24.2 Å².